The van der Waals surface area contributed by atoms with Crippen LogP contribution < -0.4 is 15.0 Å². The van der Waals surface area contributed by atoms with Crippen LogP contribution in [-0.2, 0) is 12.4 Å². The van der Waals surface area contributed by atoms with Gasteiger partial charge in [-0.2, -0.15) is 0 Å². The molecule has 0 fully saturated rings. The van der Waals surface area contributed by atoms with E-state index in [1.54, 1.807) is 23.7 Å². The fraction of sp³-hybridized carbons (Fsp3) is 0.273. The van der Waals surface area contributed by atoms with E-state index < -0.39 is 0 Å². The second kappa shape index (κ2) is 3.73. The zero-order valence-electron chi connectivity index (χ0n) is 9.07. The lowest BCUT2D eigenvalue weighted by atomic mass is 10.2. The number of hydrogen-bond donors (Lipinski definition) is 0. The Labute approximate surface area is 105 Å². The van der Waals surface area contributed by atoms with Crippen LogP contribution in [0.2, 0.25) is 0 Å². The molecule has 3 rings (SSSR count). The lowest BCUT2D eigenvalue weighted by Gasteiger charge is -2.07. The zero-order valence-corrected chi connectivity index (χ0v) is 10.7. The smallest absolute Gasteiger partial charge is 0.273 e. The van der Waals surface area contributed by atoms with E-state index in [1.165, 1.54) is 0 Å². The van der Waals surface area contributed by atoms with Gasteiger partial charge in [-0.15, -0.1) is 0 Å². The maximum atomic E-state index is 11.9. The summed E-state index contributed by atoms with van der Waals surface area (Å²) >= 11 is 3.26. The normalized spacial score (nSPS) is 13.3. The predicted molar refractivity (Wildman–Crippen MR) is 65.7 cm³/mol. The summed E-state index contributed by atoms with van der Waals surface area (Å²) in [5, 5.41) is 0.435. The topological polar surface area (TPSA) is 53.4 Å². The van der Waals surface area contributed by atoms with Crippen molar-refractivity contribution in [3.8, 4) is 11.5 Å². The Hall–Kier alpha value is -1.56. The van der Waals surface area contributed by atoms with Crippen molar-refractivity contribution in [1.82, 2.24) is 9.55 Å². The zero-order chi connectivity index (χ0) is 12.0. The first-order valence-electron chi connectivity index (χ1n) is 5.06. The highest BCUT2D eigenvalue weighted by atomic mass is 79.9. The van der Waals surface area contributed by atoms with Crippen LogP contribution in [0.25, 0.3) is 11.0 Å². The van der Waals surface area contributed by atoms with Crippen molar-refractivity contribution in [3.63, 3.8) is 0 Å². The number of aryl methyl sites for hydroxylation is 1. The number of alkyl halides is 1. The lowest BCUT2D eigenvalue weighted by molar-refractivity contribution is 0.174. The van der Waals surface area contributed by atoms with Crippen LogP contribution in [0, 0.1) is 0 Å². The highest BCUT2D eigenvalue weighted by molar-refractivity contribution is 9.08. The number of aromatic nitrogens is 2. The van der Waals surface area contributed by atoms with Crippen molar-refractivity contribution < 1.29 is 9.47 Å². The van der Waals surface area contributed by atoms with Gasteiger partial charge in [0.25, 0.3) is 5.56 Å². The van der Waals surface area contributed by atoms with E-state index in [-0.39, 0.29) is 12.4 Å². The summed E-state index contributed by atoms with van der Waals surface area (Å²) in [6.45, 7) is 0.213. The van der Waals surface area contributed by atoms with Crippen molar-refractivity contribution in [1.29, 1.82) is 0 Å². The molecule has 1 aromatic carbocycles. The lowest BCUT2D eigenvalue weighted by Crippen LogP contribution is -2.22. The van der Waals surface area contributed by atoms with Crippen molar-refractivity contribution >= 4 is 27.0 Å². The molecule has 0 bridgehead atoms. The Bertz CT molecular complexity index is 666. The highest BCUT2D eigenvalue weighted by Gasteiger charge is 2.17. The van der Waals surface area contributed by atoms with Crippen molar-refractivity contribution in [2.45, 2.75) is 5.33 Å². The third-order valence-corrected chi connectivity index (χ3v) is 3.30. The van der Waals surface area contributed by atoms with Crippen molar-refractivity contribution in [2.75, 3.05) is 6.79 Å². The van der Waals surface area contributed by atoms with E-state index in [1.807, 2.05) is 0 Å². The van der Waals surface area contributed by atoms with Gasteiger partial charge in [-0.3, -0.25) is 4.79 Å². The fourth-order valence-corrected chi connectivity index (χ4v) is 2.23. The molecule has 1 aliphatic rings. The second-order valence-corrected chi connectivity index (χ2v) is 4.31. The molecule has 0 N–H and O–H groups in total. The van der Waals surface area contributed by atoms with Crippen LogP contribution >= 0.6 is 15.9 Å². The van der Waals surface area contributed by atoms with Gasteiger partial charge in [-0.25, -0.2) is 4.98 Å². The predicted octanol–water partition coefficient (Wildman–Crippen LogP) is 1.56. The monoisotopic (exact) mass is 296 g/mol. The molecule has 0 spiro atoms. The minimum Gasteiger partial charge on any atom is -0.454 e. The Morgan fingerprint density at radius 3 is 2.82 bits per heavy atom. The minimum atomic E-state index is -0.103. The number of hydrogen-bond acceptors (Lipinski definition) is 4. The number of halogens is 1. The molecule has 0 atom stereocenters. The molecule has 0 saturated carbocycles. The van der Waals surface area contributed by atoms with Crippen LogP contribution in [-0.4, -0.2) is 16.3 Å². The highest BCUT2D eigenvalue weighted by Crippen LogP contribution is 2.34. The van der Waals surface area contributed by atoms with Crippen LogP contribution in [0.1, 0.15) is 5.69 Å². The van der Waals surface area contributed by atoms with E-state index in [0.717, 1.165) is 11.0 Å². The number of benzene rings is 1. The molecule has 0 amide bonds. The van der Waals surface area contributed by atoms with E-state index in [9.17, 15) is 4.79 Å². The summed E-state index contributed by atoms with van der Waals surface area (Å²) in [4.78, 5) is 16.2. The molecule has 6 heteroatoms. The van der Waals surface area contributed by atoms with Gasteiger partial charge in [0.15, 0.2) is 11.5 Å². The molecule has 17 heavy (non-hydrogen) atoms. The van der Waals surface area contributed by atoms with Gasteiger partial charge in [0, 0.05) is 19.2 Å². The van der Waals surface area contributed by atoms with Gasteiger partial charge < -0.3 is 14.0 Å². The Morgan fingerprint density at radius 2 is 2.12 bits per heavy atom. The van der Waals surface area contributed by atoms with Gasteiger partial charge in [-0.1, -0.05) is 15.9 Å². The molecule has 1 aromatic heterocycles. The minimum absolute atomic E-state index is 0.103. The fourth-order valence-electron chi connectivity index (χ4n) is 1.86. The van der Waals surface area contributed by atoms with Crippen LogP contribution in [0.5, 0.6) is 11.5 Å². The summed E-state index contributed by atoms with van der Waals surface area (Å²) in [6.07, 6.45) is 0. The van der Waals surface area contributed by atoms with Crippen molar-refractivity contribution in [3.05, 3.63) is 28.2 Å². The molecule has 1 aliphatic heterocycles. The first-order chi connectivity index (χ1) is 8.20. The van der Waals surface area contributed by atoms with Gasteiger partial charge in [0.1, 0.15) is 5.69 Å². The Morgan fingerprint density at radius 1 is 1.41 bits per heavy atom. The number of fused-ring (bicyclic) bond motifs is 2. The summed E-state index contributed by atoms with van der Waals surface area (Å²) in [6, 6.07) is 3.58. The van der Waals surface area contributed by atoms with E-state index in [4.69, 9.17) is 9.47 Å². The maximum absolute atomic E-state index is 11.9. The van der Waals surface area contributed by atoms with E-state index in [2.05, 4.69) is 20.9 Å². The summed E-state index contributed by atoms with van der Waals surface area (Å²) in [5.41, 5.74) is 1.85. The van der Waals surface area contributed by atoms with Crippen LogP contribution in [0.4, 0.5) is 0 Å². The first kappa shape index (κ1) is 10.6. The third kappa shape index (κ3) is 1.51. The average molecular weight is 297 g/mol. The molecule has 0 radical (unpaired) electrons. The molecule has 0 saturated heterocycles. The average Bonchev–Trinajstić information content (AvgIpc) is 2.78. The van der Waals surface area contributed by atoms with Gasteiger partial charge in [0.2, 0.25) is 6.79 Å². The molecule has 88 valence electrons. The number of rotatable bonds is 1. The van der Waals surface area contributed by atoms with Crippen LogP contribution in [0.3, 0.4) is 0 Å². The SMILES string of the molecule is Cn1c(=O)c(CBr)nc2cc3c(cc21)OCO3. The second-order valence-electron chi connectivity index (χ2n) is 3.75. The molecule has 2 heterocycles. The summed E-state index contributed by atoms with van der Waals surface area (Å²) in [7, 11) is 1.72. The standard InChI is InChI=1S/C11H9BrN2O3/c1-14-8-3-10-9(16-5-17-10)2-6(8)13-7(4-12)11(14)15/h2-3H,4-5H2,1H3. The maximum Gasteiger partial charge on any atom is 0.273 e. The molecule has 0 aliphatic carbocycles. The molecule has 2 aromatic rings. The third-order valence-electron chi connectivity index (χ3n) is 2.76. The number of nitrogens with zero attached hydrogens (tertiary/aromatic N) is 2. The quantitative estimate of drug-likeness (QED) is 0.750. The van der Waals surface area contributed by atoms with E-state index in [0.29, 0.717) is 22.5 Å². The Kier molecular flexibility index (Phi) is 2.32. The first-order valence-corrected chi connectivity index (χ1v) is 6.18. The van der Waals surface area contributed by atoms with Gasteiger partial charge in [-0.05, 0) is 0 Å². The van der Waals surface area contributed by atoms with Crippen molar-refractivity contribution in [2.24, 2.45) is 7.05 Å². The molecule has 5 nitrogen and oxygen atoms in total. The summed E-state index contributed by atoms with van der Waals surface area (Å²) in [5.74, 6) is 1.32. The van der Waals surface area contributed by atoms with Gasteiger partial charge >= 0.3 is 0 Å². The summed E-state index contributed by atoms with van der Waals surface area (Å²) < 4.78 is 12.1. The molecular weight excluding hydrogens is 288 g/mol. The Balaban J connectivity index is 2.39. The van der Waals surface area contributed by atoms with E-state index >= 15 is 0 Å². The van der Waals surface area contributed by atoms with Crippen LogP contribution in [0.15, 0.2) is 16.9 Å². The number of ether oxygens (including phenoxy) is 2. The van der Waals surface area contributed by atoms with Gasteiger partial charge in [0.05, 0.1) is 16.4 Å². The molecular formula is C11H9BrN2O3. The molecule has 0 unspecified atom stereocenters. The largest absolute Gasteiger partial charge is 0.454 e.